The monoisotopic (exact) mass is 417 g/mol. The molecule has 0 heterocycles. The summed E-state index contributed by atoms with van der Waals surface area (Å²) in [6.07, 6.45) is -0.528. The van der Waals surface area contributed by atoms with E-state index in [1.54, 1.807) is 52.1 Å². The van der Waals surface area contributed by atoms with Crippen molar-refractivity contribution >= 4 is 23.4 Å². The largest absolute Gasteiger partial charge is 0.444 e. The molecule has 0 saturated heterocycles. The topological polar surface area (TPSA) is 102 Å². The van der Waals surface area contributed by atoms with E-state index in [1.807, 2.05) is 0 Å². The molecule has 2 amide bonds. The second kappa shape index (κ2) is 8.89. The highest BCUT2D eigenvalue weighted by Gasteiger charge is 2.22. The summed E-state index contributed by atoms with van der Waals surface area (Å²) in [5.74, 6) is -1.54. The first-order valence-corrected chi connectivity index (χ1v) is 9.17. The van der Waals surface area contributed by atoms with Crippen LogP contribution in [0.2, 0.25) is 0 Å². The second-order valence-corrected chi connectivity index (χ2v) is 7.81. The van der Waals surface area contributed by atoms with Gasteiger partial charge in [0, 0.05) is 24.4 Å². The SMILES string of the molecule is Cc1c(F)cc(C(=O)Nc2ccccc2CN(C)C(=O)OC(C)(C)C)cc1[N+](=O)[O-]. The molecule has 160 valence electrons. The lowest BCUT2D eigenvalue weighted by molar-refractivity contribution is -0.385. The number of nitrogens with zero attached hydrogens (tertiary/aromatic N) is 2. The van der Waals surface area contributed by atoms with Crippen molar-refractivity contribution in [1.82, 2.24) is 4.90 Å². The van der Waals surface area contributed by atoms with E-state index >= 15 is 0 Å². The number of hydrogen-bond acceptors (Lipinski definition) is 5. The third kappa shape index (κ3) is 5.76. The van der Waals surface area contributed by atoms with E-state index in [0.717, 1.165) is 12.1 Å². The summed E-state index contributed by atoms with van der Waals surface area (Å²) in [6, 6.07) is 8.75. The number of hydrogen-bond donors (Lipinski definition) is 1. The van der Waals surface area contributed by atoms with Gasteiger partial charge >= 0.3 is 6.09 Å². The molecule has 0 saturated carbocycles. The summed E-state index contributed by atoms with van der Waals surface area (Å²) in [5.41, 5.74) is -0.444. The highest BCUT2D eigenvalue weighted by molar-refractivity contribution is 6.05. The third-order valence-corrected chi connectivity index (χ3v) is 4.15. The quantitative estimate of drug-likeness (QED) is 0.563. The molecule has 0 atom stereocenters. The lowest BCUT2D eigenvalue weighted by Crippen LogP contribution is -2.34. The molecule has 9 heteroatoms. The van der Waals surface area contributed by atoms with Gasteiger partial charge in [-0.15, -0.1) is 0 Å². The Kier molecular flexibility index (Phi) is 6.76. The van der Waals surface area contributed by atoms with Crippen LogP contribution in [0.15, 0.2) is 36.4 Å². The first-order chi connectivity index (χ1) is 13.9. The van der Waals surface area contributed by atoms with Gasteiger partial charge in [0.2, 0.25) is 0 Å². The summed E-state index contributed by atoms with van der Waals surface area (Å²) in [5, 5.41) is 13.7. The maximum absolute atomic E-state index is 14.0. The zero-order valence-electron chi connectivity index (χ0n) is 17.5. The van der Waals surface area contributed by atoms with Crippen molar-refractivity contribution < 1.29 is 23.6 Å². The van der Waals surface area contributed by atoms with Gasteiger partial charge in [0.1, 0.15) is 11.4 Å². The molecule has 0 spiro atoms. The van der Waals surface area contributed by atoms with Gasteiger partial charge in [-0.1, -0.05) is 18.2 Å². The molecule has 0 aromatic heterocycles. The van der Waals surface area contributed by atoms with Gasteiger partial charge in [-0.05, 0) is 45.4 Å². The Morgan fingerprint density at radius 1 is 1.23 bits per heavy atom. The molecule has 1 N–H and O–H groups in total. The zero-order valence-corrected chi connectivity index (χ0v) is 17.5. The minimum atomic E-state index is -0.840. The van der Waals surface area contributed by atoms with Crippen LogP contribution in [-0.2, 0) is 11.3 Å². The van der Waals surface area contributed by atoms with Crippen LogP contribution in [0.4, 0.5) is 20.6 Å². The van der Waals surface area contributed by atoms with Crippen molar-refractivity contribution in [3.8, 4) is 0 Å². The molecule has 0 unspecified atom stereocenters. The highest BCUT2D eigenvalue weighted by Crippen LogP contribution is 2.24. The van der Waals surface area contributed by atoms with E-state index in [2.05, 4.69) is 5.32 Å². The summed E-state index contributed by atoms with van der Waals surface area (Å²) < 4.78 is 19.3. The maximum Gasteiger partial charge on any atom is 0.410 e. The normalized spacial score (nSPS) is 11.0. The van der Waals surface area contributed by atoms with Gasteiger partial charge in [-0.3, -0.25) is 14.9 Å². The van der Waals surface area contributed by atoms with E-state index in [-0.39, 0.29) is 17.7 Å². The van der Waals surface area contributed by atoms with Crippen LogP contribution in [-0.4, -0.2) is 34.5 Å². The Morgan fingerprint density at radius 2 is 1.87 bits per heavy atom. The number of nitrogens with one attached hydrogen (secondary N) is 1. The number of carbonyl (C=O) groups is 2. The van der Waals surface area contributed by atoms with Gasteiger partial charge in [0.05, 0.1) is 17.0 Å². The lowest BCUT2D eigenvalue weighted by Gasteiger charge is -2.25. The molecule has 0 radical (unpaired) electrons. The van der Waals surface area contributed by atoms with Crippen LogP contribution in [0.5, 0.6) is 0 Å². The average Bonchev–Trinajstić information content (AvgIpc) is 2.63. The van der Waals surface area contributed by atoms with Gasteiger partial charge in [0.15, 0.2) is 0 Å². The predicted molar refractivity (Wildman–Crippen MR) is 110 cm³/mol. The van der Waals surface area contributed by atoms with Crippen LogP contribution < -0.4 is 5.32 Å². The van der Waals surface area contributed by atoms with Gasteiger partial charge in [-0.25, -0.2) is 9.18 Å². The molecular weight excluding hydrogens is 393 g/mol. The number of halogens is 1. The predicted octanol–water partition coefficient (Wildman–Crippen LogP) is 4.66. The average molecular weight is 417 g/mol. The van der Waals surface area contributed by atoms with Gasteiger partial charge in [-0.2, -0.15) is 0 Å². The molecule has 0 fully saturated rings. The number of nitro groups is 1. The highest BCUT2D eigenvalue weighted by atomic mass is 19.1. The van der Waals surface area contributed by atoms with Crippen molar-refractivity contribution in [1.29, 1.82) is 0 Å². The number of rotatable bonds is 5. The Hall–Kier alpha value is -3.49. The molecule has 2 aromatic rings. The Bertz CT molecular complexity index is 985. The maximum atomic E-state index is 14.0. The fourth-order valence-electron chi connectivity index (χ4n) is 2.62. The van der Waals surface area contributed by atoms with Crippen molar-refractivity contribution in [2.24, 2.45) is 0 Å². The first kappa shape index (κ1) is 22.8. The Morgan fingerprint density at radius 3 is 2.47 bits per heavy atom. The molecule has 2 aromatic carbocycles. The Labute approximate surface area is 173 Å². The van der Waals surface area contributed by atoms with Gasteiger partial charge < -0.3 is 15.0 Å². The molecule has 2 rings (SSSR count). The molecule has 0 bridgehead atoms. The van der Waals surface area contributed by atoms with E-state index in [4.69, 9.17) is 4.74 Å². The minimum Gasteiger partial charge on any atom is -0.444 e. The molecule has 8 nitrogen and oxygen atoms in total. The number of anilines is 1. The summed E-state index contributed by atoms with van der Waals surface area (Å²) in [6.45, 7) is 6.69. The van der Waals surface area contributed by atoms with Crippen LogP contribution >= 0.6 is 0 Å². The van der Waals surface area contributed by atoms with E-state index < -0.39 is 34.0 Å². The number of para-hydroxylation sites is 1. The lowest BCUT2D eigenvalue weighted by atomic mass is 10.1. The third-order valence-electron chi connectivity index (χ3n) is 4.15. The van der Waals surface area contributed by atoms with Crippen LogP contribution in [0.1, 0.15) is 42.3 Å². The first-order valence-electron chi connectivity index (χ1n) is 9.17. The Balaban J connectivity index is 2.24. The number of nitro benzene ring substituents is 1. The van der Waals surface area contributed by atoms with E-state index in [1.165, 1.54) is 11.8 Å². The van der Waals surface area contributed by atoms with Crippen LogP contribution in [0.25, 0.3) is 0 Å². The molecule has 0 aliphatic carbocycles. The fourth-order valence-corrected chi connectivity index (χ4v) is 2.62. The van der Waals surface area contributed by atoms with Crippen LogP contribution in [0, 0.1) is 22.9 Å². The van der Waals surface area contributed by atoms with Crippen molar-refractivity contribution in [2.45, 2.75) is 39.8 Å². The second-order valence-electron chi connectivity index (χ2n) is 7.81. The number of ether oxygens (including phenoxy) is 1. The summed E-state index contributed by atoms with van der Waals surface area (Å²) in [7, 11) is 1.56. The summed E-state index contributed by atoms with van der Waals surface area (Å²) >= 11 is 0. The van der Waals surface area contributed by atoms with Crippen molar-refractivity contribution in [2.75, 3.05) is 12.4 Å². The standard InChI is InChI=1S/C21H24FN3O5/c1-13-16(22)10-15(11-18(13)25(28)29)19(26)23-17-9-7-6-8-14(17)12-24(5)20(27)30-21(2,3)4/h6-11H,12H2,1-5H3,(H,23,26). The zero-order chi connectivity index (χ0) is 22.6. The van der Waals surface area contributed by atoms with E-state index in [0.29, 0.717) is 11.3 Å². The molecular formula is C21H24FN3O5. The number of carbonyl (C=O) groups excluding carboxylic acids is 2. The molecule has 0 aliphatic rings. The molecule has 0 aliphatic heterocycles. The number of amides is 2. The minimum absolute atomic E-state index is 0.143. The summed E-state index contributed by atoms with van der Waals surface area (Å²) in [4.78, 5) is 36.5. The van der Waals surface area contributed by atoms with Crippen molar-refractivity contribution in [3.63, 3.8) is 0 Å². The van der Waals surface area contributed by atoms with Crippen LogP contribution in [0.3, 0.4) is 0 Å². The smallest absolute Gasteiger partial charge is 0.410 e. The number of benzene rings is 2. The van der Waals surface area contributed by atoms with E-state index in [9.17, 15) is 24.1 Å². The fraction of sp³-hybridized carbons (Fsp3) is 0.333. The molecule has 30 heavy (non-hydrogen) atoms. The van der Waals surface area contributed by atoms with Gasteiger partial charge in [0.25, 0.3) is 11.6 Å². The van der Waals surface area contributed by atoms with Crippen molar-refractivity contribution in [3.05, 3.63) is 69.0 Å².